The van der Waals surface area contributed by atoms with E-state index < -0.39 is 5.79 Å². The Kier molecular flexibility index (Phi) is 3.77. The van der Waals surface area contributed by atoms with Crippen molar-refractivity contribution in [2.45, 2.75) is 25.6 Å². The highest BCUT2D eigenvalue weighted by atomic mass is 16.5. The van der Waals surface area contributed by atoms with E-state index >= 15 is 0 Å². The normalized spacial score (nSPS) is 20.7. The van der Waals surface area contributed by atoms with Crippen LogP contribution in [0.5, 0.6) is 5.75 Å². The van der Waals surface area contributed by atoms with Gasteiger partial charge in [0.25, 0.3) is 0 Å². The molecule has 2 heterocycles. The van der Waals surface area contributed by atoms with E-state index in [4.69, 9.17) is 16.2 Å². The molecule has 22 heavy (non-hydrogen) atoms. The molecule has 1 atom stereocenters. The van der Waals surface area contributed by atoms with E-state index in [0.29, 0.717) is 18.9 Å². The van der Waals surface area contributed by atoms with Crippen LogP contribution in [0, 0.1) is 0 Å². The van der Waals surface area contributed by atoms with Gasteiger partial charge in [0.1, 0.15) is 11.6 Å². The Morgan fingerprint density at radius 1 is 1.36 bits per heavy atom. The van der Waals surface area contributed by atoms with Gasteiger partial charge < -0.3 is 20.8 Å². The van der Waals surface area contributed by atoms with Crippen molar-refractivity contribution in [2.75, 3.05) is 6.61 Å². The number of rotatable bonds is 5. The molecule has 0 amide bonds. The third-order valence-corrected chi connectivity index (χ3v) is 3.74. The number of nitrogens with two attached hydrogens (primary N) is 2. The molecule has 1 aromatic carbocycles. The summed E-state index contributed by atoms with van der Waals surface area (Å²) in [4.78, 5) is 7.56. The molecular weight excluding hydrogens is 278 g/mol. The van der Waals surface area contributed by atoms with Crippen LogP contribution in [0.3, 0.4) is 0 Å². The SMILES string of the molecule is CCOc1ccc2[nH]cc(CCC3(N)N=C(N)C=CN3)c2c1. The molecule has 1 aliphatic rings. The monoisotopic (exact) mass is 299 g/mol. The van der Waals surface area contributed by atoms with Crippen LogP contribution in [0.1, 0.15) is 18.9 Å². The van der Waals surface area contributed by atoms with E-state index in [-0.39, 0.29) is 0 Å². The number of aliphatic imine (C=N–C) groups is 1. The summed E-state index contributed by atoms with van der Waals surface area (Å²) in [6.07, 6.45) is 6.87. The Morgan fingerprint density at radius 3 is 3.00 bits per heavy atom. The molecule has 0 saturated carbocycles. The number of aromatic nitrogens is 1. The molecule has 0 aliphatic carbocycles. The minimum atomic E-state index is -0.847. The molecule has 116 valence electrons. The summed E-state index contributed by atoms with van der Waals surface area (Å²) in [7, 11) is 0. The van der Waals surface area contributed by atoms with Crippen LogP contribution in [0.2, 0.25) is 0 Å². The van der Waals surface area contributed by atoms with Gasteiger partial charge in [-0.15, -0.1) is 0 Å². The maximum absolute atomic E-state index is 6.22. The predicted molar refractivity (Wildman–Crippen MR) is 88.6 cm³/mol. The summed E-state index contributed by atoms with van der Waals surface area (Å²) < 4.78 is 5.57. The molecule has 6 heteroatoms. The number of fused-ring (bicyclic) bond motifs is 1. The van der Waals surface area contributed by atoms with E-state index in [0.717, 1.165) is 23.1 Å². The number of benzene rings is 1. The number of hydrogen-bond donors (Lipinski definition) is 4. The van der Waals surface area contributed by atoms with Crippen molar-refractivity contribution >= 4 is 16.7 Å². The molecule has 2 aromatic rings. The number of hydrogen-bond acceptors (Lipinski definition) is 5. The molecule has 0 spiro atoms. The third kappa shape index (κ3) is 2.92. The van der Waals surface area contributed by atoms with E-state index in [1.807, 2.05) is 25.3 Å². The van der Waals surface area contributed by atoms with Gasteiger partial charge in [0.2, 0.25) is 0 Å². The van der Waals surface area contributed by atoms with Gasteiger partial charge >= 0.3 is 0 Å². The predicted octanol–water partition coefficient (Wildman–Crippen LogP) is 1.59. The summed E-state index contributed by atoms with van der Waals surface area (Å²) in [5, 5.41) is 4.21. The average molecular weight is 299 g/mol. The molecule has 3 rings (SSSR count). The van der Waals surface area contributed by atoms with Gasteiger partial charge in [0.05, 0.1) is 6.61 Å². The zero-order chi connectivity index (χ0) is 15.6. The van der Waals surface area contributed by atoms with Gasteiger partial charge in [-0.05, 0) is 43.2 Å². The number of amidine groups is 1. The zero-order valence-corrected chi connectivity index (χ0v) is 12.6. The van der Waals surface area contributed by atoms with Crippen molar-refractivity contribution in [2.24, 2.45) is 16.5 Å². The highest BCUT2D eigenvalue weighted by molar-refractivity contribution is 5.92. The Balaban J connectivity index is 1.79. The van der Waals surface area contributed by atoms with Gasteiger partial charge in [-0.1, -0.05) is 0 Å². The van der Waals surface area contributed by atoms with Crippen LogP contribution in [-0.2, 0) is 6.42 Å². The largest absolute Gasteiger partial charge is 0.494 e. The minimum Gasteiger partial charge on any atom is -0.494 e. The van der Waals surface area contributed by atoms with Crippen molar-refractivity contribution in [3.8, 4) is 5.75 Å². The second kappa shape index (κ2) is 5.73. The van der Waals surface area contributed by atoms with Gasteiger partial charge in [0.15, 0.2) is 5.79 Å². The molecule has 1 aromatic heterocycles. The van der Waals surface area contributed by atoms with E-state index in [1.165, 1.54) is 5.56 Å². The summed E-state index contributed by atoms with van der Waals surface area (Å²) >= 11 is 0. The molecule has 0 fully saturated rings. The molecule has 0 bridgehead atoms. The number of aryl methyl sites for hydroxylation is 1. The first-order valence-corrected chi connectivity index (χ1v) is 7.41. The molecule has 1 unspecified atom stereocenters. The smallest absolute Gasteiger partial charge is 0.184 e. The summed E-state index contributed by atoms with van der Waals surface area (Å²) in [5.74, 6) is 0.470. The lowest BCUT2D eigenvalue weighted by Gasteiger charge is -2.28. The second-order valence-electron chi connectivity index (χ2n) is 5.39. The van der Waals surface area contributed by atoms with Gasteiger partial charge in [-0.2, -0.15) is 0 Å². The number of ether oxygens (including phenoxy) is 1. The molecule has 0 saturated heterocycles. The number of nitrogens with one attached hydrogen (secondary N) is 2. The maximum atomic E-state index is 6.22. The quantitative estimate of drug-likeness (QED) is 0.673. The fraction of sp³-hybridized carbons (Fsp3) is 0.312. The van der Waals surface area contributed by atoms with Gasteiger partial charge in [0, 0.05) is 29.7 Å². The fourth-order valence-electron chi connectivity index (χ4n) is 2.65. The van der Waals surface area contributed by atoms with Crippen molar-refractivity contribution in [3.05, 3.63) is 42.2 Å². The van der Waals surface area contributed by atoms with E-state index in [1.54, 1.807) is 12.3 Å². The van der Waals surface area contributed by atoms with Crippen molar-refractivity contribution in [3.63, 3.8) is 0 Å². The van der Waals surface area contributed by atoms with E-state index in [2.05, 4.69) is 21.4 Å². The topological polar surface area (TPSA) is 101 Å². The lowest BCUT2D eigenvalue weighted by atomic mass is 10.0. The zero-order valence-electron chi connectivity index (χ0n) is 12.6. The van der Waals surface area contributed by atoms with Gasteiger partial charge in [-0.3, -0.25) is 5.73 Å². The first-order valence-electron chi connectivity index (χ1n) is 7.41. The second-order valence-corrected chi connectivity index (χ2v) is 5.39. The van der Waals surface area contributed by atoms with E-state index in [9.17, 15) is 0 Å². The van der Waals surface area contributed by atoms with Crippen LogP contribution in [-0.4, -0.2) is 23.2 Å². The summed E-state index contributed by atoms with van der Waals surface area (Å²) in [6, 6.07) is 6.05. The van der Waals surface area contributed by atoms with Crippen LogP contribution < -0.4 is 21.5 Å². The average Bonchev–Trinajstić information content (AvgIpc) is 2.88. The van der Waals surface area contributed by atoms with Crippen LogP contribution in [0.25, 0.3) is 10.9 Å². The highest BCUT2D eigenvalue weighted by Crippen LogP contribution is 2.26. The molecule has 6 nitrogen and oxygen atoms in total. The number of aromatic amines is 1. The third-order valence-electron chi connectivity index (χ3n) is 3.74. The standard InChI is InChI=1S/C16H21N5O/c1-2-22-12-3-4-14-13(9-12)11(10-19-14)5-7-16(18)20-8-6-15(17)21-16/h3-4,6,8-10,19-20H,2,5,7,18H2,1H3,(H2,17,21). The Hall–Kier alpha value is -2.47. The number of H-pyrrole nitrogens is 1. The Bertz CT molecular complexity index is 733. The lowest BCUT2D eigenvalue weighted by Crippen LogP contribution is -2.52. The number of nitrogens with zero attached hydrogens (tertiary/aromatic N) is 1. The van der Waals surface area contributed by atoms with Crippen molar-refractivity contribution < 1.29 is 4.74 Å². The minimum absolute atomic E-state index is 0.443. The summed E-state index contributed by atoms with van der Waals surface area (Å²) in [5.41, 5.74) is 14.2. The van der Waals surface area contributed by atoms with Crippen molar-refractivity contribution in [1.29, 1.82) is 0 Å². The fourth-order valence-corrected chi connectivity index (χ4v) is 2.65. The molecule has 6 N–H and O–H groups in total. The van der Waals surface area contributed by atoms with Crippen LogP contribution >= 0.6 is 0 Å². The van der Waals surface area contributed by atoms with Crippen molar-refractivity contribution in [1.82, 2.24) is 10.3 Å². The Labute approximate surface area is 129 Å². The summed E-state index contributed by atoms with van der Waals surface area (Å²) in [6.45, 7) is 2.63. The molecule has 1 aliphatic heterocycles. The maximum Gasteiger partial charge on any atom is 0.184 e. The molecule has 0 radical (unpaired) electrons. The molecular formula is C16H21N5O. The van der Waals surface area contributed by atoms with Gasteiger partial charge in [-0.25, -0.2) is 4.99 Å². The van der Waals surface area contributed by atoms with Crippen LogP contribution in [0.15, 0.2) is 41.7 Å². The first kappa shape index (κ1) is 14.5. The van der Waals surface area contributed by atoms with Crippen LogP contribution in [0.4, 0.5) is 0 Å². The first-order chi connectivity index (χ1) is 10.6. The Morgan fingerprint density at radius 2 is 2.23 bits per heavy atom. The highest BCUT2D eigenvalue weighted by Gasteiger charge is 2.24. The lowest BCUT2D eigenvalue weighted by molar-refractivity contribution is 0.340.